The van der Waals surface area contributed by atoms with Crippen LogP contribution in [-0.2, 0) is 10.5 Å². The Labute approximate surface area is 113 Å². The van der Waals surface area contributed by atoms with Gasteiger partial charge in [-0.25, -0.2) is 0 Å². The molecule has 0 aliphatic heterocycles. The van der Waals surface area contributed by atoms with Gasteiger partial charge in [0, 0.05) is 10.5 Å². The number of hydrogen-bond acceptors (Lipinski definition) is 3. The molecule has 100 valence electrons. The number of hydrogen-bond donors (Lipinski definition) is 2. The molecule has 0 aromatic heterocycles. The summed E-state index contributed by atoms with van der Waals surface area (Å²) >= 11 is 1.59. The van der Waals surface area contributed by atoms with Crippen molar-refractivity contribution in [2.24, 2.45) is 5.73 Å². The molecule has 0 amide bonds. The predicted molar refractivity (Wildman–Crippen MR) is 76.9 cm³/mol. The van der Waals surface area contributed by atoms with E-state index in [0.29, 0.717) is 0 Å². The summed E-state index contributed by atoms with van der Waals surface area (Å²) < 4.78 is -0.484. The minimum atomic E-state index is -0.950. The van der Waals surface area contributed by atoms with Crippen LogP contribution in [0.2, 0.25) is 0 Å². The molecule has 0 fully saturated rings. The molecule has 3 N–H and O–H groups in total. The first kappa shape index (κ1) is 15.1. The van der Waals surface area contributed by atoms with E-state index in [9.17, 15) is 4.79 Å². The molecular weight excluding hydrogens is 246 g/mol. The Morgan fingerprint density at radius 2 is 2.06 bits per heavy atom. The number of rotatable bonds is 5. The highest BCUT2D eigenvalue weighted by atomic mass is 32.2. The zero-order chi connectivity index (χ0) is 13.9. The van der Waals surface area contributed by atoms with Gasteiger partial charge in [0.15, 0.2) is 0 Å². The maximum Gasteiger partial charge on any atom is 0.321 e. The van der Waals surface area contributed by atoms with E-state index in [1.807, 2.05) is 13.8 Å². The third-order valence-corrected chi connectivity index (χ3v) is 4.57. The molecule has 0 spiro atoms. The number of thioether (sulfide) groups is 1. The van der Waals surface area contributed by atoms with Crippen LogP contribution in [-0.4, -0.2) is 21.9 Å². The highest BCUT2D eigenvalue weighted by molar-refractivity contribution is 7.99. The van der Waals surface area contributed by atoms with Gasteiger partial charge in [0.2, 0.25) is 0 Å². The Morgan fingerprint density at radius 1 is 1.44 bits per heavy atom. The maximum atomic E-state index is 10.9. The molecule has 0 aliphatic rings. The lowest BCUT2D eigenvalue weighted by Gasteiger charge is -2.28. The zero-order valence-corrected chi connectivity index (χ0v) is 12.2. The Balaban J connectivity index is 2.75. The summed E-state index contributed by atoms with van der Waals surface area (Å²) in [6.07, 6.45) is 0. The first-order valence-corrected chi connectivity index (χ1v) is 6.91. The number of carboxylic acids is 1. The van der Waals surface area contributed by atoms with Gasteiger partial charge in [0.05, 0.1) is 0 Å². The topological polar surface area (TPSA) is 63.3 Å². The summed E-state index contributed by atoms with van der Waals surface area (Å²) in [6, 6.07) is 5.46. The number of aliphatic carboxylic acids is 1. The SMILES string of the molecule is Cc1ccc(C)c(CSC(C)(C)[C@H](N)C(=O)O)c1. The minimum absolute atomic E-state index is 0.484. The van der Waals surface area contributed by atoms with E-state index in [2.05, 4.69) is 32.0 Å². The zero-order valence-electron chi connectivity index (χ0n) is 11.4. The fourth-order valence-electron chi connectivity index (χ4n) is 1.61. The molecule has 0 saturated carbocycles. The van der Waals surface area contributed by atoms with E-state index in [1.165, 1.54) is 16.7 Å². The lowest BCUT2D eigenvalue weighted by atomic mass is 10.1. The van der Waals surface area contributed by atoms with Gasteiger partial charge in [-0.15, -0.1) is 11.8 Å². The van der Waals surface area contributed by atoms with Gasteiger partial charge in [0.1, 0.15) is 6.04 Å². The van der Waals surface area contributed by atoms with Gasteiger partial charge in [-0.2, -0.15) is 0 Å². The first-order chi connectivity index (χ1) is 8.24. The molecule has 18 heavy (non-hydrogen) atoms. The first-order valence-electron chi connectivity index (χ1n) is 5.92. The number of carbonyl (C=O) groups is 1. The van der Waals surface area contributed by atoms with Crippen molar-refractivity contribution in [3.05, 3.63) is 34.9 Å². The average molecular weight is 267 g/mol. The molecule has 0 aliphatic carbocycles. The van der Waals surface area contributed by atoms with Crippen molar-refractivity contribution in [1.82, 2.24) is 0 Å². The summed E-state index contributed by atoms with van der Waals surface area (Å²) in [5.41, 5.74) is 9.40. The average Bonchev–Trinajstić information content (AvgIpc) is 2.29. The van der Waals surface area contributed by atoms with Crippen LogP contribution in [0.15, 0.2) is 18.2 Å². The van der Waals surface area contributed by atoms with Crippen LogP contribution in [0.3, 0.4) is 0 Å². The van der Waals surface area contributed by atoms with Crippen LogP contribution < -0.4 is 5.73 Å². The molecule has 1 rings (SSSR count). The molecule has 1 atom stereocenters. The van der Waals surface area contributed by atoms with Crippen LogP contribution in [0.1, 0.15) is 30.5 Å². The van der Waals surface area contributed by atoms with E-state index in [1.54, 1.807) is 11.8 Å². The second-order valence-electron chi connectivity index (χ2n) is 5.14. The van der Waals surface area contributed by atoms with Gasteiger partial charge in [-0.1, -0.05) is 23.8 Å². The minimum Gasteiger partial charge on any atom is -0.480 e. The molecule has 1 aromatic rings. The van der Waals surface area contributed by atoms with Crippen LogP contribution in [0.4, 0.5) is 0 Å². The summed E-state index contributed by atoms with van der Waals surface area (Å²) in [4.78, 5) is 10.9. The molecule has 3 nitrogen and oxygen atoms in total. The van der Waals surface area contributed by atoms with Gasteiger partial charge >= 0.3 is 5.97 Å². The Kier molecular flexibility index (Phi) is 4.82. The van der Waals surface area contributed by atoms with Crippen molar-refractivity contribution in [2.45, 2.75) is 44.2 Å². The fraction of sp³-hybridized carbons (Fsp3) is 0.500. The molecule has 0 bridgehead atoms. The summed E-state index contributed by atoms with van der Waals surface area (Å²) in [5.74, 6) is -0.171. The van der Waals surface area contributed by atoms with Crippen LogP contribution in [0.5, 0.6) is 0 Å². The smallest absolute Gasteiger partial charge is 0.321 e. The Bertz CT molecular complexity index is 443. The van der Waals surface area contributed by atoms with Gasteiger partial charge in [-0.3, -0.25) is 4.79 Å². The van der Waals surface area contributed by atoms with Crippen LogP contribution in [0, 0.1) is 13.8 Å². The molecule has 0 saturated heterocycles. The van der Waals surface area contributed by atoms with Crippen molar-refractivity contribution >= 4 is 17.7 Å². The van der Waals surface area contributed by atoms with Crippen LogP contribution in [0.25, 0.3) is 0 Å². The van der Waals surface area contributed by atoms with Crippen molar-refractivity contribution in [3.63, 3.8) is 0 Å². The van der Waals surface area contributed by atoms with Crippen molar-refractivity contribution < 1.29 is 9.90 Å². The quantitative estimate of drug-likeness (QED) is 0.861. The second kappa shape index (κ2) is 5.76. The Morgan fingerprint density at radius 3 is 2.61 bits per heavy atom. The van der Waals surface area contributed by atoms with E-state index in [0.717, 1.165) is 5.75 Å². The van der Waals surface area contributed by atoms with Crippen molar-refractivity contribution in [3.8, 4) is 0 Å². The molecule has 4 heteroatoms. The summed E-state index contributed by atoms with van der Waals surface area (Å²) in [7, 11) is 0. The molecule has 0 radical (unpaired) electrons. The molecule has 0 heterocycles. The molecule has 0 unspecified atom stereocenters. The number of carboxylic acid groups (broad SMARTS) is 1. The number of nitrogens with two attached hydrogens (primary N) is 1. The monoisotopic (exact) mass is 267 g/mol. The summed E-state index contributed by atoms with van der Waals surface area (Å²) in [5, 5.41) is 8.98. The van der Waals surface area contributed by atoms with E-state index >= 15 is 0 Å². The van der Waals surface area contributed by atoms with Crippen molar-refractivity contribution in [2.75, 3.05) is 0 Å². The van der Waals surface area contributed by atoms with Crippen LogP contribution >= 0.6 is 11.8 Å². The van der Waals surface area contributed by atoms with E-state index in [-0.39, 0.29) is 0 Å². The third kappa shape index (κ3) is 3.75. The largest absolute Gasteiger partial charge is 0.480 e. The molecule has 1 aromatic carbocycles. The predicted octanol–water partition coefficient (Wildman–Crippen LogP) is 2.73. The third-order valence-electron chi connectivity index (χ3n) is 3.12. The second-order valence-corrected chi connectivity index (χ2v) is 6.77. The lowest BCUT2D eigenvalue weighted by molar-refractivity contribution is -0.139. The highest BCUT2D eigenvalue weighted by Gasteiger charge is 2.32. The normalized spacial score (nSPS) is 13.4. The van der Waals surface area contributed by atoms with E-state index in [4.69, 9.17) is 10.8 Å². The van der Waals surface area contributed by atoms with Gasteiger partial charge in [-0.05, 0) is 38.8 Å². The maximum absolute atomic E-state index is 10.9. The van der Waals surface area contributed by atoms with Gasteiger partial charge < -0.3 is 10.8 Å². The van der Waals surface area contributed by atoms with E-state index < -0.39 is 16.8 Å². The molecular formula is C14H21NO2S. The standard InChI is InChI=1S/C14H21NO2S/c1-9-5-6-10(2)11(7-9)8-18-14(3,4)12(15)13(16)17/h5-7,12H,8,15H2,1-4H3,(H,16,17)/t12-/m1/s1. The fourth-order valence-corrected chi connectivity index (χ4v) is 2.73. The number of benzene rings is 1. The highest BCUT2D eigenvalue weighted by Crippen LogP contribution is 2.31. The van der Waals surface area contributed by atoms with Gasteiger partial charge in [0.25, 0.3) is 0 Å². The Hall–Kier alpha value is -1.00. The number of aryl methyl sites for hydroxylation is 2. The van der Waals surface area contributed by atoms with Crippen molar-refractivity contribution in [1.29, 1.82) is 0 Å². The lowest BCUT2D eigenvalue weighted by Crippen LogP contribution is -2.46. The summed E-state index contributed by atoms with van der Waals surface area (Å²) in [6.45, 7) is 7.88.